The third kappa shape index (κ3) is 4.11. The second-order valence-corrected chi connectivity index (χ2v) is 5.43. The summed E-state index contributed by atoms with van der Waals surface area (Å²) in [6.45, 7) is 1.94. The SMILES string of the molecule is CNC1NC(C2=CCCC=C2COCCOC)=CS1. The monoisotopic (exact) mass is 282 g/mol. The number of thioether (sulfide) groups is 1. The molecule has 1 unspecified atom stereocenters. The van der Waals surface area contributed by atoms with Crippen LogP contribution in [0.4, 0.5) is 0 Å². The summed E-state index contributed by atoms with van der Waals surface area (Å²) in [6.07, 6.45) is 6.78. The molecule has 2 rings (SSSR count). The van der Waals surface area contributed by atoms with Crippen molar-refractivity contribution >= 4 is 11.8 Å². The Kier molecular flexibility index (Phi) is 5.97. The first kappa shape index (κ1) is 14.7. The standard InChI is InChI=1S/C14H22N2O2S/c1-15-14-16-13(10-19-14)12-6-4-3-5-11(12)9-18-8-7-17-2/h5-6,10,14-16H,3-4,7-9H2,1-2H3. The Morgan fingerprint density at radius 1 is 1.37 bits per heavy atom. The van der Waals surface area contributed by atoms with Crippen LogP contribution in [-0.2, 0) is 9.47 Å². The van der Waals surface area contributed by atoms with Crippen LogP contribution in [0, 0.1) is 0 Å². The fourth-order valence-corrected chi connectivity index (χ4v) is 2.90. The summed E-state index contributed by atoms with van der Waals surface area (Å²) in [4.78, 5) is 0. The average Bonchev–Trinajstić information content (AvgIpc) is 2.93. The smallest absolute Gasteiger partial charge is 0.129 e. The van der Waals surface area contributed by atoms with Crippen molar-refractivity contribution in [2.24, 2.45) is 0 Å². The van der Waals surface area contributed by atoms with Crippen LogP contribution in [0.1, 0.15) is 12.8 Å². The third-order valence-electron chi connectivity index (χ3n) is 3.10. The molecule has 1 aliphatic heterocycles. The van der Waals surface area contributed by atoms with E-state index in [-0.39, 0.29) is 5.50 Å². The molecule has 0 spiro atoms. The zero-order valence-electron chi connectivity index (χ0n) is 11.6. The Bertz CT molecular complexity index is 391. The van der Waals surface area contributed by atoms with Crippen LogP contribution < -0.4 is 10.6 Å². The van der Waals surface area contributed by atoms with E-state index in [2.05, 4.69) is 28.2 Å². The zero-order chi connectivity index (χ0) is 13.5. The predicted octanol–water partition coefficient (Wildman–Crippen LogP) is 1.98. The molecule has 0 aromatic heterocycles. The van der Waals surface area contributed by atoms with Gasteiger partial charge in [-0.25, -0.2) is 0 Å². The van der Waals surface area contributed by atoms with Crippen LogP contribution in [0.2, 0.25) is 0 Å². The van der Waals surface area contributed by atoms with E-state index < -0.39 is 0 Å². The molecule has 0 aromatic rings. The summed E-state index contributed by atoms with van der Waals surface area (Å²) in [7, 11) is 3.65. The largest absolute Gasteiger partial charge is 0.382 e. The normalized spacial score (nSPS) is 22.6. The number of nitrogens with one attached hydrogen (secondary N) is 2. The van der Waals surface area contributed by atoms with Gasteiger partial charge in [-0.15, -0.1) is 0 Å². The summed E-state index contributed by atoms with van der Waals surface area (Å²) < 4.78 is 10.6. The molecule has 0 bridgehead atoms. The number of rotatable bonds is 7. The van der Waals surface area contributed by atoms with E-state index in [4.69, 9.17) is 9.47 Å². The van der Waals surface area contributed by atoms with Gasteiger partial charge in [0.2, 0.25) is 0 Å². The van der Waals surface area contributed by atoms with Crippen LogP contribution in [-0.4, -0.2) is 39.5 Å². The van der Waals surface area contributed by atoms with Crippen molar-refractivity contribution in [2.75, 3.05) is 34.0 Å². The number of hydrogen-bond acceptors (Lipinski definition) is 5. The molecule has 1 atom stereocenters. The maximum atomic E-state index is 5.64. The molecular formula is C14H22N2O2S. The molecule has 19 heavy (non-hydrogen) atoms. The highest BCUT2D eigenvalue weighted by atomic mass is 32.2. The van der Waals surface area contributed by atoms with Crippen molar-refractivity contribution in [3.05, 3.63) is 34.4 Å². The van der Waals surface area contributed by atoms with Crippen LogP contribution in [0.15, 0.2) is 34.4 Å². The molecule has 0 aromatic carbocycles. The van der Waals surface area contributed by atoms with Gasteiger partial charge in [0, 0.05) is 12.8 Å². The first-order chi connectivity index (χ1) is 9.35. The summed E-state index contributed by atoms with van der Waals surface area (Å²) in [5, 5.41) is 8.86. The minimum atomic E-state index is 0.272. The maximum absolute atomic E-state index is 5.64. The van der Waals surface area contributed by atoms with Gasteiger partial charge < -0.3 is 14.8 Å². The molecule has 4 nitrogen and oxygen atoms in total. The predicted molar refractivity (Wildman–Crippen MR) is 79.8 cm³/mol. The lowest BCUT2D eigenvalue weighted by atomic mass is 9.96. The van der Waals surface area contributed by atoms with Crippen LogP contribution >= 0.6 is 11.8 Å². The Labute approximate surface area is 119 Å². The lowest BCUT2D eigenvalue weighted by Crippen LogP contribution is -2.33. The molecule has 0 fully saturated rings. The highest BCUT2D eigenvalue weighted by molar-refractivity contribution is 8.02. The number of methoxy groups -OCH3 is 1. The van der Waals surface area contributed by atoms with Gasteiger partial charge in [-0.1, -0.05) is 23.9 Å². The summed E-state index contributed by atoms with van der Waals surface area (Å²) in [5.74, 6) is 0. The van der Waals surface area contributed by atoms with Crippen molar-refractivity contribution < 1.29 is 9.47 Å². The molecule has 2 N–H and O–H groups in total. The van der Waals surface area contributed by atoms with E-state index in [1.54, 1.807) is 18.9 Å². The maximum Gasteiger partial charge on any atom is 0.129 e. The van der Waals surface area contributed by atoms with Gasteiger partial charge >= 0.3 is 0 Å². The van der Waals surface area contributed by atoms with Crippen LogP contribution in [0.3, 0.4) is 0 Å². The minimum Gasteiger partial charge on any atom is -0.382 e. The van der Waals surface area contributed by atoms with Crippen molar-refractivity contribution in [1.82, 2.24) is 10.6 Å². The van der Waals surface area contributed by atoms with E-state index in [9.17, 15) is 0 Å². The molecule has 5 heteroatoms. The van der Waals surface area contributed by atoms with E-state index in [0.29, 0.717) is 19.8 Å². The van der Waals surface area contributed by atoms with Crippen molar-refractivity contribution in [2.45, 2.75) is 18.3 Å². The molecule has 1 aliphatic carbocycles. The van der Waals surface area contributed by atoms with Crippen molar-refractivity contribution in [3.8, 4) is 0 Å². The van der Waals surface area contributed by atoms with Gasteiger partial charge in [-0.2, -0.15) is 0 Å². The van der Waals surface area contributed by atoms with Gasteiger partial charge in [0.1, 0.15) is 5.50 Å². The fraction of sp³-hybridized carbons (Fsp3) is 0.571. The Hall–Kier alpha value is -0.750. The highest BCUT2D eigenvalue weighted by Crippen LogP contribution is 2.30. The molecular weight excluding hydrogens is 260 g/mol. The molecule has 0 saturated heterocycles. The Balaban J connectivity index is 1.91. The number of ether oxygens (including phenoxy) is 2. The zero-order valence-corrected chi connectivity index (χ0v) is 12.4. The third-order valence-corrected chi connectivity index (χ3v) is 4.10. The van der Waals surface area contributed by atoms with Gasteiger partial charge in [0.05, 0.1) is 19.8 Å². The molecule has 0 radical (unpaired) electrons. The Morgan fingerprint density at radius 2 is 2.21 bits per heavy atom. The van der Waals surface area contributed by atoms with E-state index in [0.717, 1.165) is 12.8 Å². The quantitative estimate of drug-likeness (QED) is 0.699. The number of allylic oxidation sites excluding steroid dienone is 3. The first-order valence-electron chi connectivity index (χ1n) is 6.61. The molecule has 2 aliphatic rings. The summed E-state index contributed by atoms with van der Waals surface area (Å²) in [6, 6.07) is 0. The fourth-order valence-electron chi connectivity index (χ4n) is 2.10. The average molecular weight is 282 g/mol. The van der Waals surface area contributed by atoms with Crippen LogP contribution in [0.25, 0.3) is 0 Å². The second kappa shape index (κ2) is 7.75. The highest BCUT2D eigenvalue weighted by Gasteiger charge is 2.20. The lowest BCUT2D eigenvalue weighted by molar-refractivity contribution is 0.0827. The number of hydrogen-bond donors (Lipinski definition) is 2. The van der Waals surface area contributed by atoms with E-state index in [1.165, 1.54) is 16.8 Å². The lowest BCUT2D eigenvalue weighted by Gasteiger charge is -2.19. The molecule has 106 valence electrons. The van der Waals surface area contributed by atoms with Gasteiger partial charge in [0.25, 0.3) is 0 Å². The molecule has 0 amide bonds. The van der Waals surface area contributed by atoms with Crippen LogP contribution in [0.5, 0.6) is 0 Å². The van der Waals surface area contributed by atoms with E-state index in [1.807, 2.05) is 7.05 Å². The first-order valence-corrected chi connectivity index (χ1v) is 7.55. The minimum absolute atomic E-state index is 0.272. The van der Waals surface area contributed by atoms with E-state index >= 15 is 0 Å². The van der Waals surface area contributed by atoms with Crippen molar-refractivity contribution in [3.63, 3.8) is 0 Å². The van der Waals surface area contributed by atoms with Gasteiger partial charge in [0.15, 0.2) is 0 Å². The summed E-state index contributed by atoms with van der Waals surface area (Å²) >= 11 is 1.76. The molecule has 0 saturated carbocycles. The topological polar surface area (TPSA) is 42.5 Å². The van der Waals surface area contributed by atoms with Gasteiger partial charge in [-0.3, -0.25) is 5.32 Å². The molecule has 1 heterocycles. The van der Waals surface area contributed by atoms with Gasteiger partial charge in [-0.05, 0) is 36.4 Å². The second-order valence-electron chi connectivity index (χ2n) is 4.45. The van der Waals surface area contributed by atoms with Crippen molar-refractivity contribution in [1.29, 1.82) is 0 Å². The summed E-state index contributed by atoms with van der Waals surface area (Å²) in [5.41, 5.74) is 4.03. The Morgan fingerprint density at radius 3 is 2.95 bits per heavy atom.